The van der Waals surface area contributed by atoms with Crippen LogP contribution < -0.4 is 4.74 Å². The fourth-order valence-corrected chi connectivity index (χ4v) is 2.77. The summed E-state index contributed by atoms with van der Waals surface area (Å²) in [5, 5.41) is 17.8. The van der Waals surface area contributed by atoms with Gasteiger partial charge in [0.05, 0.1) is 6.26 Å². The molecule has 9 heteroatoms. The van der Waals surface area contributed by atoms with Crippen LogP contribution in [0.4, 0.5) is 13.2 Å². The van der Waals surface area contributed by atoms with Crippen molar-refractivity contribution in [1.29, 1.82) is 0 Å². The van der Waals surface area contributed by atoms with Crippen LogP contribution in [-0.4, -0.2) is 21.7 Å². The summed E-state index contributed by atoms with van der Waals surface area (Å²) in [7, 11) is 0. The molecule has 0 saturated carbocycles. The summed E-state index contributed by atoms with van der Waals surface area (Å²) < 4.78 is 52.4. The van der Waals surface area contributed by atoms with Crippen LogP contribution >= 0.6 is 0 Å². The van der Waals surface area contributed by atoms with Gasteiger partial charge in [0, 0.05) is 16.5 Å². The Labute approximate surface area is 156 Å². The number of alkyl halides is 3. The van der Waals surface area contributed by atoms with E-state index < -0.39 is 12.5 Å². The number of hydrogen-bond acceptors (Lipinski definition) is 6. The average Bonchev–Trinajstić information content (AvgIpc) is 3.27. The summed E-state index contributed by atoms with van der Waals surface area (Å²) in [4.78, 5) is 0. The van der Waals surface area contributed by atoms with Crippen LogP contribution in [0, 0.1) is 0 Å². The average molecular weight is 390 g/mol. The van der Waals surface area contributed by atoms with Crippen molar-refractivity contribution >= 4 is 11.0 Å². The van der Waals surface area contributed by atoms with Gasteiger partial charge in [0.15, 0.2) is 0 Å². The highest BCUT2D eigenvalue weighted by Crippen LogP contribution is 2.35. The standard InChI is InChI=1S/C19H13F3N2O4/c1-10(25)17-23-24-18(27-17)12-5-6-16-14(8-12)15(9-26-16)11-3-2-4-13(7-11)28-19(20,21)22/h2-10,25H,1H3/t10-/m0/s1. The van der Waals surface area contributed by atoms with Crippen LogP contribution in [0.25, 0.3) is 33.6 Å². The van der Waals surface area contributed by atoms with Gasteiger partial charge in [-0.2, -0.15) is 0 Å². The minimum atomic E-state index is -4.77. The summed E-state index contributed by atoms with van der Waals surface area (Å²) >= 11 is 0. The van der Waals surface area contributed by atoms with Crippen molar-refractivity contribution in [3.8, 4) is 28.3 Å². The smallest absolute Gasteiger partial charge is 0.464 e. The van der Waals surface area contributed by atoms with Crippen molar-refractivity contribution in [3.05, 3.63) is 54.6 Å². The fraction of sp³-hybridized carbons (Fsp3) is 0.158. The number of aromatic nitrogens is 2. The predicted octanol–water partition coefficient (Wildman–Crippen LogP) is 5.10. The number of furan rings is 1. The Kier molecular flexibility index (Phi) is 4.31. The van der Waals surface area contributed by atoms with Crippen LogP contribution in [0.2, 0.25) is 0 Å². The Hall–Kier alpha value is -3.33. The van der Waals surface area contributed by atoms with Crippen molar-refractivity contribution in [1.82, 2.24) is 10.2 Å². The van der Waals surface area contributed by atoms with Crippen molar-refractivity contribution in [2.45, 2.75) is 19.4 Å². The summed E-state index contributed by atoms with van der Waals surface area (Å²) in [6, 6.07) is 10.7. The highest BCUT2D eigenvalue weighted by molar-refractivity contribution is 5.96. The second-order valence-corrected chi connectivity index (χ2v) is 6.06. The van der Waals surface area contributed by atoms with Crippen molar-refractivity contribution < 1.29 is 31.8 Å². The third-order valence-corrected chi connectivity index (χ3v) is 4.00. The minimum Gasteiger partial charge on any atom is -0.464 e. The number of benzene rings is 2. The molecule has 144 valence electrons. The molecule has 1 N–H and O–H groups in total. The van der Waals surface area contributed by atoms with Crippen LogP contribution in [0.1, 0.15) is 18.9 Å². The Morgan fingerprint density at radius 3 is 2.61 bits per heavy atom. The van der Waals surface area contributed by atoms with Gasteiger partial charge in [-0.05, 0) is 42.8 Å². The molecule has 0 unspecified atom stereocenters. The number of aliphatic hydroxyl groups is 1. The molecule has 0 aliphatic carbocycles. The van der Waals surface area contributed by atoms with Gasteiger partial charge in [-0.3, -0.25) is 0 Å². The van der Waals surface area contributed by atoms with Gasteiger partial charge in [-0.15, -0.1) is 23.4 Å². The summed E-state index contributed by atoms with van der Waals surface area (Å²) in [6.07, 6.45) is -4.22. The van der Waals surface area contributed by atoms with Crippen LogP contribution in [0.3, 0.4) is 0 Å². The first kappa shape index (κ1) is 18.1. The van der Waals surface area contributed by atoms with E-state index in [0.29, 0.717) is 27.7 Å². The third-order valence-electron chi connectivity index (χ3n) is 4.00. The third kappa shape index (κ3) is 3.56. The van der Waals surface area contributed by atoms with Gasteiger partial charge in [-0.25, -0.2) is 0 Å². The van der Waals surface area contributed by atoms with Gasteiger partial charge in [0.25, 0.3) is 0 Å². The SMILES string of the molecule is C[C@H](O)c1nnc(-c2ccc3occ(-c4cccc(OC(F)(F)F)c4)c3c2)o1. The summed E-state index contributed by atoms with van der Waals surface area (Å²) in [5.74, 6) is -0.0346. The molecule has 0 fully saturated rings. The number of ether oxygens (including phenoxy) is 1. The first-order chi connectivity index (χ1) is 13.3. The quantitative estimate of drug-likeness (QED) is 0.522. The topological polar surface area (TPSA) is 81.5 Å². The highest BCUT2D eigenvalue weighted by atomic mass is 19.4. The molecule has 4 aromatic rings. The van der Waals surface area contributed by atoms with E-state index >= 15 is 0 Å². The normalized spacial score (nSPS) is 13.0. The van der Waals surface area contributed by atoms with Gasteiger partial charge in [-0.1, -0.05) is 12.1 Å². The van der Waals surface area contributed by atoms with Gasteiger partial charge >= 0.3 is 6.36 Å². The molecule has 6 nitrogen and oxygen atoms in total. The van der Waals surface area contributed by atoms with Crippen molar-refractivity contribution in [2.75, 3.05) is 0 Å². The lowest BCUT2D eigenvalue weighted by atomic mass is 10.0. The lowest BCUT2D eigenvalue weighted by molar-refractivity contribution is -0.274. The van der Waals surface area contributed by atoms with E-state index in [9.17, 15) is 18.3 Å². The van der Waals surface area contributed by atoms with Crippen molar-refractivity contribution in [2.24, 2.45) is 0 Å². The molecule has 0 amide bonds. The van der Waals surface area contributed by atoms with E-state index in [4.69, 9.17) is 8.83 Å². The first-order valence-electron chi connectivity index (χ1n) is 8.19. The zero-order valence-corrected chi connectivity index (χ0v) is 14.4. The van der Waals surface area contributed by atoms with Crippen molar-refractivity contribution in [3.63, 3.8) is 0 Å². The maximum atomic E-state index is 12.5. The van der Waals surface area contributed by atoms with E-state index in [0.717, 1.165) is 0 Å². The second kappa shape index (κ2) is 6.68. The molecule has 28 heavy (non-hydrogen) atoms. The van der Waals surface area contributed by atoms with Crippen LogP contribution in [-0.2, 0) is 0 Å². The molecular formula is C19H13F3N2O4. The van der Waals surface area contributed by atoms with Gasteiger partial charge in [0.2, 0.25) is 11.8 Å². The zero-order chi connectivity index (χ0) is 19.9. The van der Waals surface area contributed by atoms with E-state index in [1.165, 1.54) is 31.4 Å². The van der Waals surface area contributed by atoms with E-state index in [-0.39, 0.29) is 17.5 Å². The number of hydrogen-bond donors (Lipinski definition) is 1. The molecule has 2 aromatic heterocycles. The predicted molar refractivity (Wildman–Crippen MR) is 92.3 cm³/mol. The Morgan fingerprint density at radius 1 is 1.07 bits per heavy atom. The maximum Gasteiger partial charge on any atom is 0.573 e. The Balaban J connectivity index is 1.75. The van der Waals surface area contributed by atoms with E-state index in [2.05, 4.69) is 14.9 Å². The Morgan fingerprint density at radius 2 is 1.89 bits per heavy atom. The first-order valence-corrected chi connectivity index (χ1v) is 8.19. The number of aliphatic hydroxyl groups excluding tert-OH is 1. The molecule has 0 aliphatic heterocycles. The van der Waals surface area contributed by atoms with Crippen LogP contribution in [0.15, 0.2) is 57.6 Å². The maximum absolute atomic E-state index is 12.5. The lowest BCUT2D eigenvalue weighted by Gasteiger charge is -2.09. The molecule has 0 saturated heterocycles. The minimum absolute atomic E-state index is 0.0829. The molecule has 2 aromatic carbocycles. The second-order valence-electron chi connectivity index (χ2n) is 6.06. The fourth-order valence-electron chi connectivity index (χ4n) is 2.77. The monoisotopic (exact) mass is 390 g/mol. The summed E-state index contributed by atoms with van der Waals surface area (Å²) in [6.45, 7) is 1.50. The molecule has 0 radical (unpaired) electrons. The lowest BCUT2D eigenvalue weighted by Crippen LogP contribution is -2.17. The number of rotatable bonds is 4. The zero-order valence-electron chi connectivity index (χ0n) is 14.4. The number of fused-ring (bicyclic) bond motifs is 1. The molecule has 0 bridgehead atoms. The summed E-state index contributed by atoms with van der Waals surface area (Å²) in [5.41, 5.74) is 2.20. The number of halogens is 3. The highest BCUT2D eigenvalue weighted by Gasteiger charge is 2.31. The van der Waals surface area contributed by atoms with Crippen LogP contribution in [0.5, 0.6) is 5.75 Å². The van der Waals surface area contributed by atoms with Gasteiger partial charge < -0.3 is 18.7 Å². The number of nitrogens with zero attached hydrogens (tertiary/aromatic N) is 2. The molecule has 1 atom stereocenters. The molecule has 2 heterocycles. The van der Waals surface area contributed by atoms with Gasteiger partial charge in [0.1, 0.15) is 17.4 Å². The molecular weight excluding hydrogens is 377 g/mol. The molecule has 0 spiro atoms. The van der Waals surface area contributed by atoms with E-state index in [1.807, 2.05) is 0 Å². The largest absolute Gasteiger partial charge is 0.573 e. The van der Waals surface area contributed by atoms with E-state index in [1.54, 1.807) is 24.3 Å². The molecule has 0 aliphatic rings. The molecule has 4 rings (SSSR count). The Bertz CT molecular complexity index is 1130.